The van der Waals surface area contributed by atoms with Crippen molar-refractivity contribution in [3.05, 3.63) is 41.8 Å². The van der Waals surface area contributed by atoms with E-state index >= 15 is 0 Å². The molecule has 0 radical (unpaired) electrons. The number of rotatable bonds is 5. The molecule has 0 amide bonds. The van der Waals surface area contributed by atoms with Crippen LogP contribution in [-0.4, -0.2) is 17.4 Å². The van der Waals surface area contributed by atoms with Crippen molar-refractivity contribution >= 4 is 0 Å². The summed E-state index contributed by atoms with van der Waals surface area (Å²) in [5.74, 6) is 1.27. The molecule has 0 aliphatic heterocycles. The normalized spacial score (nSPS) is 12.2. The van der Waals surface area contributed by atoms with Gasteiger partial charge >= 0.3 is 0 Å². The molecule has 0 aliphatic rings. The number of hydrogen-bond acceptors (Lipinski definition) is 5. The predicted molar refractivity (Wildman–Crippen MR) is 64.5 cm³/mol. The minimum absolute atomic E-state index is 0.330. The maximum Gasteiger partial charge on any atom is 0.130 e. The van der Waals surface area contributed by atoms with Crippen LogP contribution in [-0.2, 0) is 6.61 Å². The van der Waals surface area contributed by atoms with Gasteiger partial charge in [0.05, 0.1) is 19.4 Å². The molecule has 2 rings (SSSR count). The van der Waals surface area contributed by atoms with E-state index in [1.807, 2.05) is 0 Å². The highest BCUT2D eigenvalue weighted by atomic mass is 16.5. The van der Waals surface area contributed by atoms with Crippen LogP contribution in [0.25, 0.3) is 0 Å². The third-order valence-corrected chi connectivity index (χ3v) is 2.55. The smallest absolute Gasteiger partial charge is 0.130 e. The highest BCUT2D eigenvalue weighted by molar-refractivity contribution is 5.41. The van der Waals surface area contributed by atoms with Crippen LogP contribution < -0.4 is 9.47 Å². The monoisotopic (exact) mass is 249 g/mol. The highest BCUT2D eigenvalue weighted by Gasteiger charge is 2.11. The number of methoxy groups -OCH3 is 1. The van der Waals surface area contributed by atoms with E-state index in [-0.39, 0.29) is 0 Å². The van der Waals surface area contributed by atoms with Crippen molar-refractivity contribution in [3.8, 4) is 11.5 Å². The Hall–Kier alpha value is -2.01. The summed E-state index contributed by atoms with van der Waals surface area (Å²) in [5, 5.41) is 13.3. The first-order chi connectivity index (χ1) is 8.70. The summed E-state index contributed by atoms with van der Waals surface area (Å²) < 4.78 is 15.5. The number of ether oxygens (including phenoxy) is 2. The Morgan fingerprint density at radius 2 is 2.28 bits per heavy atom. The van der Waals surface area contributed by atoms with Gasteiger partial charge in [0.25, 0.3) is 0 Å². The van der Waals surface area contributed by atoms with Crippen LogP contribution in [0.2, 0.25) is 0 Å². The molecule has 5 heteroatoms. The third-order valence-electron chi connectivity index (χ3n) is 2.55. The molecule has 1 aromatic heterocycles. The van der Waals surface area contributed by atoms with Gasteiger partial charge in [-0.2, -0.15) is 0 Å². The zero-order valence-electron chi connectivity index (χ0n) is 10.3. The molecule has 0 aliphatic carbocycles. The maximum absolute atomic E-state index is 9.67. The molecule has 2 aromatic rings. The Labute approximate surface area is 105 Å². The molecule has 0 saturated carbocycles. The molecule has 96 valence electrons. The molecule has 1 heterocycles. The summed E-state index contributed by atoms with van der Waals surface area (Å²) in [6.45, 7) is 2.02. The van der Waals surface area contributed by atoms with Crippen molar-refractivity contribution < 1.29 is 19.1 Å². The van der Waals surface area contributed by atoms with E-state index in [9.17, 15) is 5.11 Å². The first-order valence-electron chi connectivity index (χ1n) is 5.57. The molecular formula is C13H15NO4. The summed E-state index contributed by atoms with van der Waals surface area (Å²) in [4.78, 5) is 0. The van der Waals surface area contributed by atoms with Gasteiger partial charge in [0.15, 0.2) is 0 Å². The van der Waals surface area contributed by atoms with E-state index < -0.39 is 6.10 Å². The van der Waals surface area contributed by atoms with Gasteiger partial charge in [0.1, 0.15) is 24.4 Å². The lowest BCUT2D eigenvalue weighted by Gasteiger charge is -2.14. The highest BCUT2D eigenvalue weighted by Crippen LogP contribution is 2.30. The van der Waals surface area contributed by atoms with Crippen LogP contribution in [0.4, 0.5) is 0 Å². The second-order valence-electron chi connectivity index (χ2n) is 3.90. The average Bonchev–Trinajstić information content (AvgIpc) is 2.88. The first kappa shape index (κ1) is 12.4. The molecule has 18 heavy (non-hydrogen) atoms. The topological polar surface area (TPSA) is 64.7 Å². The molecule has 0 fully saturated rings. The SMILES string of the molecule is COc1ccc([C@@H](C)O)c(OCc2cnoc2)c1. The second-order valence-corrected chi connectivity index (χ2v) is 3.90. The van der Waals surface area contributed by atoms with Crippen molar-refractivity contribution in [3.63, 3.8) is 0 Å². The number of aliphatic hydroxyl groups is 1. The quantitative estimate of drug-likeness (QED) is 0.880. The lowest BCUT2D eigenvalue weighted by Crippen LogP contribution is -2.01. The van der Waals surface area contributed by atoms with Gasteiger partial charge in [0, 0.05) is 17.2 Å². The molecular weight excluding hydrogens is 234 g/mol. The van der Waals surface area contributed by atoms with Gasteiger partial charge in [-0.3, -0.25) is 0 Å². The average molecular weight is 249 g/mol. The zero-order valence-corrected chi connectivity index (χ0v) is 10.3. The standard InChI is InChI=1S/C13H15NO4/c1-9(15)12-4-3-11(16-2)5-13(12)17-7-10-6-14-18-8-10/h3-6,8-9,15H,7H2,1-2H3/t9-/m1/s1. The van der Waals surface area contributed by atoms with Crippen LogP contribution >= 0.6 is 0 Å². The third kappa shape index (κ3) is 2.81. The fourth-order valence-corrected chi connectivity index (χ4v) is 1.57. The number of aromatic nitrogens is 1. The van der Waals surface area contributed by atoms with Gasteiger partial charge in [-0.15, -0.1) is 0 Å². The molecule has 0 spiro atoms. The van der Waals surface area contributed by atoms with Gasteiger partial charge in [-0.25, -0.2) is 0 Å². The van der Waals surface area contributed by atoms with E-state index in [0.29, 0.717) is 23.7 Å². The van der Waals surface area contributed by atoms with Crippen LogP contribution in [0.15, 0.2) is 35.2 Å². The van der Waals surface area contributed by atoms with Crippen molar-refractivity contribution in [1.82, 2.24) is 5.16 Å². The maximum atomic E-state index is 9.67. The second kappa shape index (κ2) is 5.55. The van der Waals surface area contributed by atoms with E-state index in [0.717, 1.165) is 5.56 Å². The molecule has 1 atom stereocenters. The van der Waals surface area contributed by atoms with Crippen molar-refractivity contribution in [1.29, 1.82) is 0 Å². The van der Waals surface area contributed by atoms with Gasteiger partial charge < -0.3 is 19.1 Å². The molecule has 0 saturated heterocycles. The van der Waals surface area contributed by atoms with Gasteiger partial charge in [0.2, 0.25) is 0 Å². The summed E-state index contributed by atoms with van der Waals surface area (Å²) >= 11 is 0. The van der Waals surface area contributed by atoms with Crippen molar-refractivity contribution in [2.24, 2.45) is 0 Å². The molecule has 0 bridgehead atoms. The Balaban J connectivity index is 2.18. The number of nitrogens with zero attached hydrogens (tertiary/aromatic N) is 1. The minimum atomic E-state index is -0.603. The summed E-state index contributed by atoms with van der Waals surface area (Å²) in [7, 11) is 1.58. The van der Waals surface area contributed by atoms with Crippen LogP contribution in [0.3, 0.4) is 0 Å². The van der Waals surface area contributed by atoms with E-state index in [1.54, 1.807) is 38.4 Å². The van der Waals surface area contributed by atoms with Crippen molar-refractivity contribution in [2.75, 3.05) is 7.11 Å². The van der Waals surface area contributed by atoms with Crippen LogP contribution in [0.1, 0.15) is 24.2 Å². The Kier molecular flexibility index (Phi) is 3.84. The minimum Gasteiger partial charge on any atom is -0.497 e. The molecule has 5 nitrogen and oxygen atoms in total. The van der Waals surface area contributed by atoms with E-state index in [2.05, 4.69) is 5.16 Å². The summed E-state index contributed by atoms with van der Waals surface area (Å²) in [6, 6.07) is 5.32. The zero-order chi connectivity index (χ0) is 13.0. The van der Waals surface area contributed by atoms with Gasteiger partial charge in [-0.1, -0.05) is 5.16 Å². The first-order valence-corrected chi connectivity index (χ1v) is 5.57. The lowest BCUT2D eigenvalue weighted by molar-refractivity contribution is 0.189. The summed E-state index contributed by atoms with van der Waals surface area (Å²) in [5.41, 5.74) is 1.54. The fourth-order valence-electron chi connectivity index (χ4n) is 1.57. The lowest BCUT2D eigenvalue weighted by atomic mass is 10.1. The molecule has 0 unspecified atom stereocenters. The van der Waals surface area contributed by atoms with Crippen LogP contribution in [0.5, 0.6) is 11.5 Å². The molecule has 1 N–H and O–H groups in total. The van der Waals surface area contributed by atoms with E-state index in [4.69, 9.17) is 14.0 Å². The molecule has 1 aromatic carbocycles. The van der Waals surface area contributed by atoms with E-state index in [1.165, 1.54) is 6.26 Å². The Morgan fingerprint density at radius 1 is 1.44 bits per heavy atom. The number of hydrogen-bond donors (Lipinski definition) is 1. The number of benzene rings is 1. The Bertz CT molecular complexity index is 494. The number of aliphatic hydroxyl groups excluding tert-OH is 1. The summed E-state index contributed by atoms with van der Waals surface area (Å²) in [6.07, 6.45) is 2.50. The largest absolute Gasteiger partial charge is 0.497 e. The Morgan fingerprint density at radius 3 is 2.89 bits per heavy atom. The predicted octanol–water partition coefficient (Wildman–Crippen LogP) is 2.32. The fraction of sp³-hybridized carbons (Fsp3) is 0.308. The van der Waals surface area contributed by atoms with Crippen molar-refractivity contribution in [2.45, 2.75) is 19.6 Å². The van der Waals surface area contributed by atoms with Crippen LogP contribution in [0, 0.1) is 0 Å². The van der Waals surface area contributed by atoms with Gasteiger partial charge in [-0.05, 0) is 19.1 Å².